The molecule has 5 rings (SSSR count). The fourth-order valence-corrected chi connectivity index (χ4v) is 5.34. The zero-order valence-corrected chi connectivity index (χ0v) is 24.0. The number of nitrogens with one attached hydrogen (secondary N) is 1. The number of hydrogen-bond donors (Lipinski definition) is 1. The van der Waals surface area contributed by atoms with Crippen molar-refractivity contribution in [2.75, 3.05) is 61.6 Å². The van der Waals surface area contributed by atoms with Crippen molar-refractivity contribution in [1.82, 2.24) is 19.4 Å². The Morgan fingerprint density at radius 1 is 1.02 bits per heavy atom. The summed E-state index contributed by atoms with van der Waals surface area (Å²) in [6, 6.07) is 3.85. The zero-order valence-electron chi connectivity index (χ0n) is 24.0. The van der Waals surface area contributed by atoms with Gasteiger partial charge in [-0.2, -0.15) is 0 Å². The number of morpholine rings is 1. The van der Waals surface area contributed by atoms with Gasteiger partial charge >= 0.3 is 0 Å². The SMILES string of the molecule is C[C@@H]1CN(c2cc(F)c(-c3cnc(N4CCOCC4)nc3)cc2NC(=O)c2cn(C)c(=O)cc2C(F)F)C[C@H](C)N1C. The van der Waals surface area contributed by atoms with Crippen molar-refractivity contribution in [3.63, 3.8) is 0 Å². The van der Waals surface area contributed by atoms with Crippen molar-refractivity contribution in [3.05, 3.63) is 64.1 Å². The van der Waals surface area contributed by atoms with Crippen LogP contribution >= 0.6 is 0 Å². The van der Waals surface area contributed by atoms with Crippen LogP contribution in [0, 0.1) is 5.82 Å². The first-order valence-corrected chi connectivity index (χ1v) is 13.8. The number of hydrogen-bond acceptors (Lipinski definition) is 8. The zero-order chi connectivity index (χ0) is 30.1. The number of anilines is 3. The van der Waals surface area contributed by atoms with Crippen molar-refractivity contribution < 1.29 is 22.7 Å². The second kappa shape index (κ2) is 12.1. The van der Waals surface area contributed by atoms with Crippen molar-refractivity contribution in [2.45, 2.75) is 32.4 Å². The van der Waals surface area contributed by atoms with E-state index in [0.717, 1.165) is 16.8 Å². The number of rotatable bonds is 6. The summed E-state index contributed by atoms with van der Waals surface area (Å²) in [5.41, 5.74) is -0.477. The summed E-state index contributed by atoms with van der Waals surface area (Å²) in [7, 11) is 3.40. The molecule has 3 aromatic rings. The second-order valence-electron chi connectivity index (χ2n) is 10.8. The molecule has 0 radical (unpaired) electrons. The number of ether oxygens (including phenoxy) is 1. The van der Waals surface area contributed by atoms with Crippen molar-refractivity contribution >= 4 is 23.2 Å². The molecular weight excluding hydrogens is 551 g/mol. The van der Waals surface area contributed by atoms with E-state index in [-0.39, 0.29) is 28.9 Å². The number of halogens is 3. The Hall–Kier alpha value is -3.97. The van der Waals surface area contributed by atoms with Gasteiger partial charge in [0, 0.05) is 86.7 Å². The van der Waals surface area contributed by atoms with E-state index in [2.05, 4.69) is 34.0 Å². The minimum Gasteiger partial charge on any atom is -0.378 e. The molecule has 42 heavy (non-hydrogen) atoms. The van der Waals surface area contributed by atoms with Gasteiger partial charge in [0.15, 0.2) is 0 Å². The van der Waals surface area contributed by atoms with Crippen LogP contribution in [-0.2, 0) is 11.8 Å². The van der Waals surface area contributed by atoms with Gasteiger partial charge in [-0.25, -0.2) is 23.1 Å². The topological polar surface area (TPSA) is 95.8 Å². The predicted octanol–water partition coefficient (Wildman–Crippen LogP) is 3.54. The molecule has 0 bridgehead atoms. The fourth-order valence-electron chi connectivity index (χ4n) is 5.34. The van der Waals surface area contributed by atoms with Gasteiger partial charge in [-0.05, 0) is 33.0 Å². The molecule has 10 nitrogen and oxygen atoms in total. The molecule has 0 unspecified atom stereocenters. The van der Waals surface area contributed by atoms with Crippen LogP contribution < -0.4 is 20.7 Å². The monoisotopic (exact) mass is 585 g/mol. The molecule has 2 aliphatic heterocycles. The number of aryl methyl sites for hydroxylation is 1. The maximum absolute atomic E-state index is 15.8. The smallest absolute Gasteiger partial charge is 0.264 e. The number of amides is 1. The molecule has 1 aromatic carbocycles. The first-order valence-electron chi connectivity index (χ1n) is 13.8. The van der Waals surface area contributed by atoms with Gasteiger partial charge in [-0.3, -0.25) is 14.5 Å². The standard InChI is InChI=1S/C29H34F3N7O3/c1-17-14-39(15-18(2)37(17)4)25-11-23(30)20(19-12-33-29(34-13-19)38-5-7-42-8-6-38)9-24(25)35-28(41)22-16-36(3)26(40)10-21(22)27(31)32/h9-13,16-18,27H,5-8,14-15H2,1-4H3,(H,35,41)/t17-,18+. The summed E-state index contributed by atoms with van der Waals surface area (Å²) in [6.45, 7) is 7.65. The average molecular weight is 586 g/mol. The van der Waals surface area contributed by atoms with Gasteiger partial charge in [-0.1, -0.05) is 0 Å². The Bertz CT molecular complexity index is 1500. The third-order valence-electron chi connectivity index (χ3n) is 8.02. The highest BCUT2D eigenvalue weighted by Gasteiger charge is 2.30. The van der Waals surface area contributed by atoms with Gasteiger partial charge < -0.3 is 24.4 Å². The highest BCUT2D eigenvalue weighted by Crippen LogP contribution is 2.36. The number of nitrogens with zero attached hydrogens (tertiary/aromatic N) is 6. The van der Waals surface area contributed by atoms with Crippen LogP contribution in [0.2, 0.25) is 0 Å². The molecule has 4 heterocycles. The van der Waals surface area contributed by atoms with Gasteiger partial charge in [0.05, 0.1) is 30.2 Å². The first kappa shape index (κ1) is 29.5. The predicted molar refractivity (Wildman–Crippen MR) is 154 cm³/mol. The van der Waals surface area contributed by atoms with E-state index in [1.165, 1.54) is 31.6 Å². The summed E-state index contributed by atoms with van der Waals surface area (Å²) in [4.78, 5) is 40.5. The largest absolute Gasteiger partial charge is 0.378 e. The Kier molecular flexibility index (Phi) is 8.50. The lowest BCUT2D eigenvalue weighted by molar-refractivity contribution is 0.101. The van der Waals surface area contributed by atoms with E-state index in [0.29, 0.717) is 56.6 Å². The molecule has 0 saturated carbocycles. The molecule has 2 saturated heterocycles. The van der Waals surface area contributed by atoms with Crippen molar-refractivity contribution in [3.8, 4) is 11.1 Å². The highest BCUT2D eigenvalue weighted by atomic mass is 19.3. The van der Waals surface area contributed by atoms with E-state index in [1.54, 1.807) is 0 Å². The molecule has 1 N–H and O–H groups in total. The fraction of sp³-hybridized carbons (Fsp3) is 0.448. The average Bonchev–Trinajstić information content (AvgIpc) is 2.98. The molecule has 2 fully saturated rings. The number of piperazine rings is 1. The third kappa shape index (κ3) is 5.97. The quantitative estimate of drug-likeness (QED) is 0.470. The maximum atomic E-state index is 15.8. The molecule has 2 aromatic heterocycles. The van der Waals surface area contributed by atoms with Gasteiger partial charge in [0.1, 0.15) is 5.82 Å². The van der Waals surface area contributed by atoms with Crippen LogP contribution in [0.25, 0.3) is 11.1 Å². The third-order valence-corrected chi connectivity index (χ3v) is 8.02. The molecule has 224 valence electrons. The first-order chi connectivity index (χ1) is 20.0. The molecule has 2 atom stereocenters. The highest BCUT2D eigenvalue weighted by molar-refractivity contribution is 6.07. The molecule has 0 spiro atoms. The van der Waals surface area contributed by atoms with E-state index in [1.807, 2.05) is 16.8 Å². The van der Waals surface area contributed by atoms with E-state index in [4.69, 9.17) is 4.74 Å². The van der Waals surface area contributed by atoms with Gasteiger partial charge in [-0.15, -0.1) is 0 Å². The number of likely N-dealkylation sites (N-methyl/N-ethyl adjacent to an activating group) is 1. The van der Waals surface area contributed by atoms with Gasteiger partial charge in [0.25, 0.3) is 17.9 Å². The number of carbonyl (C=O) groups excluding carboxylic acids is 1. The van der Waals surface area contributed by atoms with Crippen LogP contribution in [0.1, 0.15) is 36.2 Å². The number of pyridine rings is 1. The molecule has 13 heteroatoms. The van der Waals surface area contributed by atoms with Crippen LogP contribution in [0.15, 0.2) is 41.6 Å². The lowest BCUT2D eigenvalue weighted by Gasteiger charge is -2.44. The van der Waals surface area contributed by atoms with E-state index < -0.39 is 29.3 Å². The van der Waals surface area contributed by atoms with Crippen molar-refractivity contribution in [2.24, 2.45) is 7.05 Å². The van der Waals surface area contributed by atoms with Crippen LogP contribution in [0.5, 0.6) is 0 Å². The summed E-state index contributed by atoms with van der Waals surface area (Å²) in [5, 5.41) is 2.73. The minimum absolute atomic E-state index is 0.134. The van der Waals surface area contributed by atoms with Crippen LogP contribution in [0.3, 0.4) is 0 Å². The second-order valence-corrected chi connectivity index (χ2v) is 10.8. The minimum atomic E-state index is -3.04. The Morgan fingerprint density at radius 3 is 2.29 bits per heavy atom. The number of carbonyl (C=O) groups is 1. The maximum Gasteiger partial charge on any atom is 0.264 e. The summed E-state index contributed by atoms with van der Waals surface area (Å²) in [5.74, 6) is -0.878. The molecule has 1 amide bonds. The number of benzene rings is 1. The van der Waals surface area contributed by atoms with Crippen LogP contribution in [-0.4, -0.2) is 83.9 Å². The Morgan fingerprint density at radius 2 is 1.67 bits per heavy atom. The van der Waals surface area contributed by atoms with Gasteiger partial charge in [0.2, 0.25) is 5.95 Å². The molecule has 2 aliphatic rings. The normalized spacial score (nSPS) is 19.8. The lowest BCUT2D eigenvalue weighted by atomic mass is 10.0. The van der Waals surface area contributed by atoms with E-state index >= 15 is 4.39 Å². The summed E-state index contributed by atoms with van der Waals surface area (Å²) >= 11 is 0. The molecule has 0 aliphatic carbocycles. The van der Waals surface area contributed by atoms with E-state index in [9.17, 15) is 18.4 Å². The summed E-state index contributed by atoms with van der Waals surface area (Å²) < 4.78 is 49.8. The number of aromatic nitrogens is 3. The number of alkyl halides is 2. The molecular formula is C29H34F3N7O3. The lowest BCUT2D eigenvalue weighted by Crippen LogP contribution is -2.55. The van der Waals surface area contributed by atoms with Crippen LogP contribution in [0.4, 0.5) is 30.5 Å². The van der Waals surface area contributed by atoms with Crippen molar-refractivity contribution in [1.29, 1.82) is 0 Å². The summed E-state index contributed by atoms with van der Waals surface area (Å²) in [6.07, 6.45) is 1.08. The Balaban J connectivity index is 1.55. The Labute approximate surface area is 241 Å².